The highest BCUT2D eigenvalue weighted by atomic mass is 16.7. The Morgan fingerprint density at radius 2 is 1.27 bits per heavy atom. The minimum atomic E-state index is -2.06. The fraction of sp³-hybridized carbons (Fsp3) is 0.429. The molecule has 0 saturated carbocycles. The zero-order valence-corrected chi connectivity index (χ0v) is 33.2. The summed E-state index contributed by atoms with van der Waals surface area (Å²) in [6.45, 7) is -2.28. The van der Waals surface area contributed by atoms with Gasteiger partial charge in [0.2, 0.25) is 6.29 Å². The van der Waals surface area contributed by atoms with Crippen LogP contribution in [-0.4, -0.2) is 178 Å². The second-order valence-electron chi connectivity index (χ2n) is 15.3. The molecule has 7 rings (SSSR count). The predicted octanol–water partition coefficient (Wildman–Crippen LogP) is -2.64. The molecule has 3 fully saturated rings. The predicted molar refractivity (Wildman–Crippen MR) is 212 cm³/mol. The van der Waals surface area contributed by atoms with E-state index in [1.165, 1.54) is 54.6 Å². The first kappa shape index (κ1) is 46.7. The standard InChI is InChI=1S/C42H46O22/c43-13-24-31(50)36(55)40(64-42-38(57)35(54)32(51)26(63-42)15-58-27(48)10-3-16-1-6-18(45)7-2-16)39(61-24)29-21(47)12-23-28(33(29)52)20(46)11-22(60-23)17-4-8-19(9-5-17)59-41-37(56)34(53)30(49)25(14-44)62-41/h1-12,24-26,30-32,34-45,47,49-57H,13-15H2/b10-3+/t24-,25+,26-,30+,31-,32-,34-,35+,36+,37+,38-,39+,40-,41+,42+/m1/s1. The van der Waals surface area contributed by atoms with E-state index in [0.717, 1.165) is 18.2 Å². The third-order valence-electron chi connectivity index (χ3n) is 11.1. The average Bonchev–Trinajstić information content (AvgIpc) is 3.28. The zero-order chi connectivity index (χ0) is 46.1. The molecule has 22 nitrogen and oxygen atoms in total. The lowest BCUT2D eigenvalue weighted by Crippen LogP contribution is -2.63. The summed E-state index contributed by atoms with van der Waals surface area (Å²) in [5, 5.41) is 136. The molecule has 0 aliphatic carbocycles. The maximum Gasteiger partial charge on any atom is 0.330 e. The summed E-state index contributed by atoms with van der Waals surface area (Å²) in [6.07, 6.45) is -24.0. The Morgan fingerprint density at radius 1 is 0.672 bits per heavy atom. The normalized spacial score (nSPS) is 33.3. The van der Waals surface area contributed by atoms with E-state index >= 15 is 0 Å². The van der Waals surface area contributed by atoms with Gasteiger partial charge in [-0.1, -0.05) is 12.1 Å². The van der Waals surface area contributed by atoms with Crippen molar-refractivity contribution >= 4 is 23.0 Å². The molecule has 0 spiro atoms. The van der Waals surface area contributed by atoms with Crippen molar-refractivity contribution in [1.29, 1.82) is 0 Å². The lowest BCUT2D eigenvalue weighted by Gasteiger charge is -2.46. The number of hydrogen-bond acceptors (Lipinski definition) is 22. The van der Waals surface area contributed by atoms with Gasteiger partial charge >= 0.3 is 5.97 Å². The fourth-order valence-electron chi connectivity index (χ4n) is 7.48. The number of carbonyl (C=O) groups is 1. The number of phenols is 3. The summed E-state index contributed by atoms with van der Waals surface area (Å²) in [4.78, 5) is 26.1. The summed E-state index contributed by atoms with van der Waals surface area (Å²) in [5.74, 6) is -2.63. The monoisotopic (exact) mass is 902 g/mol. The van der Waals surface area contributed by atoms with Gasteiger partial charge < -0.3 is 99.2 Å². The Balaban J connectivity index is 1.12. The molecule has 0 amide bonds. The highest BCUT2D eigenvalue weighted by Gasteiger charge is 2.52. The van der Waals surface area contributed by atoms with Crippen molar-refractivity contribution < 1.29 is 104 Å². The number of carbonyl (C=O) groups excluding carboxylic acids is 1. The largest absolute Gasteiger partial charge is 0.508 e. The van der Waals surface area contributed by atoms with Crippen molar-refractivity contribution in [2.45, 2.75) is 91.9 Å². The number of benzene rings is 3. The van der Waals surface area contributed by atoms with Crippen LogP contribution in [0, 0.1) is 0 Å². The number of aliphatic hydroxyl groups is 10. The number of rotatable bonds is 12. The van der Waals surface area contributed by atoms with E-state index in [1.54, 1.807) is 0 Å². The highest BCUT2D eigenvalue weighted by molar-refractivity contribution is 5.88. The number of esters is 1. The van der Waals surface area contributed by atoms with Gasteiger partial charge in [-0.05, 0) is 48.0 Å². The Hall–Kier alpha value is -5.28. The van der Waals surface area contributed by atoms with E-state index in [-0.39, 0.29) is 28.4 Å². The van der Waals surface area contributed by atoms with Crippen LogP contribution in [0.2, 0.25) is 0 Å². The summed E-state index contributed by atoms with van der Waals surface area (Å²) >= 11 is 0. The second-order valence-corrected chi connectivity index (χ2v) is 15.3. The summed E-state index contributed by atoms with van der Waals surface area (Å²) < 4.78 is 39.3. The summed E-state index contributed by atoms with van der Waals surface area (Å²) in [6, 6.07) is 13.4. The minimum Gasteiger partial charge on any atom is -0.508 e. The van der Waals surface area contributed by atoms with Crippen LogP contribution < -0.4 is 10.2 Å². The van der Waals surface area contributed by atoms with Crippen LogP contribution in [0.3, 0.4) is 0 Å². The molecule has 3 aromatic carbocycles. The highest BCUT2D eigenvalue weighted by Crippen LogP contribution is 2.46. The van der Waals surface area contributed by atoms with E-state index in [0.29, 0.717) is 5.56 Å². The van der Waals surface area contributed by atoms with Gasteiger partial charge in [0.25, 0.3) is 0 Å². The molecule has 64 heavy (non-hydrogen) atoms. The van der Waals surface area contributed by atoms with Crippen molar-refractivity contribution in [3.63, 3.8) is 0 Å². The van der Waals surface area contributed by atoms with Crippen molar-refractivity contribution in [3.8, 4) is 34.3 Å². The van der Waals surface area contributed by atoms with Crippen molar-refractivity contribution in [2.75, 3.05) is 19.8 Å². The quantitative estimate of drug-likeness (QED) is 0.0510. The second kappa shape index (κ2) is 19.4. The Labute approximate surface area is 360 Å². The van der Waals surface area contributed by atoms with E-state index in [1.807, 2.05) is 0 Å². The molecule has 15 atom stereocenters. The van der Waals surface area contributed by atoms with Crippen molar-refractivity contribution in [2.24, 2.45) is 0 Å². The van der Waals surface area contributed by atoms with Crippen LogP contribution in [0.15, 0.2) is 76.0 Å². The fourth-order valence-corrected chi connectivity index (χ4v) is 7.48. The van der Waals surface area contributed by atoms with Crippen LogP contribution in [-0.2, 0) is 28.5 Å². The van der Waals surface area contributed by atoms with Crippen LogP contribution in [0.5, 0.6) is 23.0 Å². The van der Waals surface area contributed by atoms with Gasteiger partial charge in [0.1, 0.15) is 126 Å². The van der Waals surface area contributed by atoms with E-state index in [4.69, 9.17) is 32.8 Å². The third-order valence-corrected chi connectivity index (χ3v) is 11.1. The topological polar surface area (TPSA) is 366 Å². The molecule has 0 radical (unpaired) electrons. The van der Waals surface area contributed by atoms with Gasteiger partial charge in [-0.15, -0.1) is 0 Å². The Bertz CT molecular complexity index is 2330. The molecule has 1 aromatic heterocycles. The smallest absolute Gasteiger partial charge is 0.330 e. The Kier molecular flexibility index (Phi) is 14.2. The van der Waals surface area contributed by atoms with Gasteiger partial charge in [0.05, 0.1) is 18.8 Å². The molecule has 0 bridgehead atoms. The maximum atomic E-state index is 13.6. The molecule has 13 N–H and O–H groups in total. The average molecular weight is 903 g/mol. The molecule has 3 saturated heterocycles. The lowest BCUT2D eigenvalue weighted by molar-refractivity contribution is -0.342. The number of ether oxygens (including phenoxy) is 6. The molecule has 4 aromatic rings. The van der Waals surface area contributed by atoms with Crippen molar-refractivity contribution in [3.05, 3.63) is 88.1 Å². The van der Waals surface area contributed by atoms with Gasteiger partial charge in [0.15, 0.2) is 11.7 Å². The molecule has 3 aliphatic heterocycles. The minimum absolute atomic E-state index is 0.00472. The van der Waals surface area contributed by atoms with Gasteiger partial charge in [-0.25, -0.2) is 4.79 Å². The van der Waals surface area contributed by atoms with Gasteiger partial charge in [0, 0.05) is 23.8 Å². The lowest BCUT2D eigenvalue weighted by atomic mass is 9.89. The molecule has 3 aliphatic rings. The molecule has 4 heterocycles. The summed E-state index contributed by atoms with van der Waals surface area (Å²) in [5.41, 5.74) is -1.01. The molecule has 0 unspecified atom stereocenters. The first-order chi connectivity index (χ1) is 30.5. The third kappa shape index (κ3) is 9.42. The van der Waals surface area contributed by atoms with Gasteiger partial charge in [-0.3, -0.25) is 4.79 Å². The number of aliphatic hydroxyl groups excluding tert-OH is 10. The van der Waals surface area contributed by atoms with E-state index in [9.17, 15) is 76.0 Å². The molecule has 346 valence electrons. The van der Waals surface area contributed by atoms with Crippen LogP contribution in [0.25, 0.3) is 28.4 Å². The number of hydrogen-bond donors (Lipinski definition) is 13. The molecular weight excluding hydrogens is 856 g/mol. The van der Waals surface area contributed by atoms with E-state index in [2.05, 4.69) is 0 Å². The SMILES string of the molecule is O=C(/C=C/c1ccc(O)cc1)OC[C@H]1O[C@@H](O[C@@H]2[C@@H](O)[C@H](O)[C@@H](CO)O[C@H]2c2c(O)cc3oc(-c4ccc(O[C@H]5O[C@@H](CO)[C@H](O)[C@@H](O)[C@@H]5O)cc4)cc(=O)c3c2O)[C@H](O)[C@@H](O)[C@@H]1O. The summed E-state index contributed by atoms with van der Waals surface area (Å²) in [7, 11) is 0. The van der Waals surface area contributed by atoms with Crippen LogP contribution >= 0.6 is 0 Å². The maximum absolute atomic E-state index is 13.6. The van der Waals surface area contributed by atoms with Crippen LogP contribution in [0.1, 0.15) is 17.2 Å². The van der Waals surface area contributed by atoms with Crippen molar-refractivity contribution in [1.82, 2.24) is 0 Å². The number of aromatic hydroxyl groups is 3. The molecular formula is C42H46O22. The van der Waals surface area contributed by atoms with Crippen LogP contribution in [0.4, 0.5) is 0 Å². The molecule has 22 heteroatoms. The number of fused-ring (bicyclic) bond motifs is 1. The zero-order valence-electron chi connectivity index (χ0n) is 33.2. The first-order valence-electron chi connectivity index (χ1n) is 19.7. The Morgan fingerprint density at radius 3 is 1.92 bits per heavy atom. The van der Waals surface area contributed by atoms with E-state index < -0.39 is 146 Å². The van der Waals surface area contributed by atoms with Gasteiger partial charge in [-0.2, -0.15) is 0 Å². The number of phenolic OH excluding ortho intramolecular Hbond substituents is 3. The first-order valence-corrected chi connectivity index (χ1v) is 19.7.